The van der Waals surface area contributed by atoms with E-state index in [1.165, 1.54) is 10.6 Å². The van der Waals surface area contributed by atoms with Crippen LogP contribution in [0.15, 0.2) is 48.5 Å². The summed E-state index contributed by atoms with van der Waals surface area (Å²) in [6, 6.07) is 14.9. The number of sulfonamides is 1. The zero-order valence-corrected chi connectivity index (χ0v) is 23.2. The number of nitrogens with one attached hydrogen (secondary N) is 1. The first kappa shape index (κ1) is 26.9. The number of carbonyl (C=O) groups excluding carboxylic acids is 2. The van der Waals surface area contributed by atoms with Crippen molar-refractivity contribution >= 4 is 21.8 Å². The summed E-state index contributed by atoms with van der Waals surface area (Å²) in [6.07, 6.45) is 3.44. The lowest BCUT2D eigenvalue weighted by atomic mass is 9.99. The zero-order chi connectivity index (χ0) is 27.7. The molecule has 0 bridgehead atoms. The molecule has 1 saturated heterocycles. The van der Waals surface area contributed by atoms with Gasteiger partial charge in [0.05, 0.1) is 19.1 Å². The summed E-state index contributed by atoms with van der Waals surface area (Å²) in [7, 11) is 0.127. The van der Waals surface area contributed by atoms with E-state index in [-0.39, 0.29) is 18.4 Å². The summed E-state index contributed by atoms with van der Waals surface area (Å²) in [6.45, 7) is 1.60. The maximum atomic E-state index is 13.0. The molecular formula is C28H33N5O5S. The van der Waals surface area contributed by atoms with Crippen LogP contribution in [-0.4, -0.2) is 78.8 Å². The minimum absolute atomic E-state index is 0.127. The highest BCUT2D eigenvalue weighted by molar-refractivity contribution is 7.88. The van der Waals surface area contributed by atoms with Crippen molar-refractivity contribution in [1.29, 1.82) is 0 Å². The number of amides is 2. The number of nitrogens with zero attached hydrogens (tertiary/aromatic N) is 4. The smallest absolute Gasteiger partial charge is 0.269 e. The topological polar surface area (TPSA) is 114 Å². The third kappa shape index (κ3) is 5.84. The molecule has 2 aliphatic rings. The van der Waals surface area contributed by atoms with Crippen LogP contribution in [0.3, 0.4) is 0 Å². The second-order valence-electron chi connectivity index (χ2n) is 10.1. The van der Waals surface area contributed by atoms with E-state index in [0.717, 1.165) is 35.2 Å². The van der Waals surface area contributed by atoms with E-state index in [1.54, 1.807) is 35.9 Å². The molecule has 0 unspecified atom stereocenters. The molecule has 10 nitrogen and oxygen atoms in total. The third-order valence-corrected chi connectivity index (χ3v) is 8.61. The fraction of sp³-hybridized carbons (Fsp3) is 0.393. The monoisotopic (exact) mass is 551 g/mol. The Morgan fingerprint density at radius 1 is 1.05 bits per heavy atom. The van der Waals surface area contributed by atoms with Crippen molar-refractivity contribution in [2.45, 2.75) is 25.3 Å². The molecule has 3 aromatic rings. The predicted molar refractivity (Wildman–Crippen MR) is 147 cm³/mol. The molecule has 1 aliphatic carbocycles. The van der Waals surface area contributed by atoms with Gasteiger partial charge in [-0.15, -0.1) is 0 Å². The lowest BCUT2D eigenvalue weighted by Crippen LogP contribution is -2.50. The number of rotatable bonds is 8. The largest absolute Gasteiger partial charge is 0.496 e. The van der Waals surface area contributed by atoms with Crippen LogP contribution in [0.4, 0.5) is 0 Å². The van der Waals surface area contributed by atoms with Crippen LogP contribution in [0.2, 0.25) is 0 Å². The van der Waals surface area contributed by atoms with Crippen LogP contribution in [0.25, 0.3) is 11.1 Å². The van der Waals surface area contributed by atoms with Crippen LogP contribution < -0.4 is 10.1 Å². The molecule has 1 N–H and O–H groups in total. The van der Waals surface area contributed by atoms with E-state index in [2.05, 4.69) is 10.4 Å². The first-order valence-corrected chi connectivity index (χ1v) is 14.8. The fourth-order valence-corrected chi connectivity index (χ4v) is 5.76. The molecule has 1 aliphatic heterocycles. The van der Waals surface area contributed by atoms with Gasteiger partial charge < -0.3 is 15.0 Å². The number of carbonyl (C=O) groups is 2. The second kappa shape index (κ2) is 10.8. The number of piperazine rings is 1. The van der Waals surface area contributed by atoms with Gasteiger partial charge in [0.15, 0.2) is 0 Å². The lowest BCUT2D eigenvalue weighted by molar-refractivity contribution is 0.0698. The van der Waals surface area contributed by atoms with E-state index < -0.39 is 10.0 Å². The molecule has 2 amide bonds. The van der Waals surface area contributed by atoms with Crippen LogP contribution in [-0.2, 0) is 23.6 Å². The minimum Gasteiger partial charge on any atom is -0.496 e. The van der Waals surface area contributed by atoms with Gasteiger partial charge in [-0.1, -0.05) is 30.3 Å². The predicted octanol–water partition coefficient (Wildman–Crippen LogP) is 2.62. The van der Waals surface area contributed by atoms with Crippen molar-refractivity contribution in [1.82, 2.24) is 24.3 Å². The first-order chi connectivity index (χ1) is 18.7. The first-order valence-electron chi connectivity index (χ1n) is 13.0. The average Bonchev–Trinajstić information content (AvgIpc) is 3.72. The number of benzene rings is 2. The summed E-state index contributed by atoms with van der Waals surface area (Å²) in [5, 5.41) is 7.46. The summed E-state index contributed by atoms with van der Waals surface area (Å²) >= 11 is 0. The van der Waals surface area contributed by atoms with Crippen molar-refractivity contribution in [3.8, 4) is 16.9 Å². The van der Waals surface area contributed by atoms with Crippen LogP contribution in [0, 0.1) is 0 Å². The molecule has 0 spiro atoms. The number of ether oxygens (including phenoxy) is 1. The molecule has 2 aromatic carbocycles. The van der Waals surface area contributed by atoms with Gasteiger partial charge in [-0.3, -0.25) is 14.3 Å². The van der Waals surface area contributed by atoms with E-state index in [4.69, 9.17) is 4.74 Å². The minimum atomic E-state index is -3.25. The van der Waals surface area contributed by atoms with Gasteiger partial charge in [0.25, 0.3) is 11.8 Å². The molecule has 2 fully saturated rings. The Kier molecular flexibility index (Phi) is 7.46. The van der Waals surface area contributed by atoms with Crippen LogP contribution in [0.1, 0.15) is 50.9 Å². The Balaban J connectivity index is 1.27. The van der Waals surface area contributed by atoms with Crippen LogP contribution >= 0.6 is 0 Å². The van der Waals surface area contributed by atoms with E-state index in [0.29, 0.717) is 49.1 Å². The van der Waals surface area contributed by atoms with Crippen molar-refractivity contribution in [3.63, 3.8) is 0 Å². The molecule has 39 heavy (non-hydrogen) atoms. The van der Waals surface area contributed by atoms with Crippen molar-refractivity contribution in [2.75, 3.05) is 39.5 Å². The van der Waals surface area contributed by atoms with Crippen LogP contribution in [0.5, 0.6) is 5.75 Å². The number of hydrogen-bond acceptors (Lipinski definition) is 6. The van der Waals surface area contributed by atoms with Crippen molar-refractivity contribution in [3.05, 3.63) is 71.0 Å². The number of para-hydroxylation sites is 1. The van der Waals surface area contributed by atoms with Gasteiger partial charge in [-0.25, -0.2) is 8.42 Å². The van der Waals surface area contributed by atoms with Gasteiger partial charge >= 0.3 is 0 Å². The highest BCUT2D eigenvalue weighted by Gasteiger charge is 2.28. The molecule has 0 radical (unpaired) electrons. The Morgan fingerprint density at radius 3 is 2.36 bits per heavy atom. The zero-order valence-electron chi connectivity index (χ0n) is 22.4. The molecular weight excluding hydrogens is 518 g/mol. The standard InChI is InChI=1S/C28H33N5O5S/c1-31-25(17-24(30-31)20-9-10-20)27(34)29-18-22-5-4-6-23(26(22)38-2)19-7-11-21(12-8-19)28(35)32-13-15-33(16-14-32)39(3,36)37/h4-8,11-12,17,20H,9-10,13-16,18H2,1-3H3,(H,29,34). The number of methoxy groups -OCH3 is 1. The maximum absolute atomic E-state index is 13.0. The summed E-state index contributed by atoms with van der Waals surface area (Å²) in [4.78, 5) is 27.5. The Hall–Kier alpha value is -3.70. The number of hydrogen-bond donors (Lipinski definition) is 1. The van der Waals surface area contributed by atoms with E-state index >= 15 is 0 Å². The van der Waals surface area contributed by atoms with Gasteiger partial charge in [0, 0.05) is 62.4 Å². The van der Waals surface area contributed by atoms with Gasteiger partial charge in [0.1, 0.15) is 11.4 Å². The summed E-state index contributed by atoms with van der Waals surface area (Å²) in [5.74, 6) is 0.807. The number of aryl methyl sites for hydroxylation is 1. The highest BCUT2D eigenvalue weighted by atomic mass is 32.2. The second-order valence-corrected chi connectivity index (χ2v) is 12.0. The number of aromatic nitrogens is 2. The average molecular weight is 552 g/mol. The summed E-state index contributed by atoms with van der Waals surface area (Å²) in [5.41, 5.74) is 4.60. The third-order valence-electron chi connectivity index (χ3n) is 7.30. The Bertz CT molecular complexity index is 1490. The highest BCUT2D eigenvalue weighted by Crippen LogP contribution is 2.39. The SMILES string of the molecule is COc1c(CNC(=O)c2cc(C3CC3)nn2C)cccc1-c1ccc(C(=O)N2CCN(S(C)(=O)=O)CC2)cc1. The summed E-state index contributed by atoms with van der Waals surface area (Å²) < 4.78 is 32.3. The van der Waals surface area contributed by atoms with Crippen molar-refractivity contribution in [2.24, 2.45) is 7.05 Å². The van der Waals surface area contributed by atoms with E-state index in [1.807, 2.05) is 36.4 Å². The quantitative estimate of drug-likeness (QED) is 0.461. The van der Waals surface area contributed by atoms with E-state index in [9.17, 15) is 18.0 Å². The molecule has 1 aromatic heterocycles. The Morgan fingerprint density at radius 2 is 1.74 bits per heavy atom. The molecule has 0 atom stereocenters. The molecule has 11 heteroatoms. The van der Waals surface area contributed by atoms with Gasteiger partial charge in [-0.05, 0) is 36.6 Å². The van der Waals surface area contributed by atoms with Gasteiger partial charge in [0.2, 0.25) is 10.0 Å². The molecule has 2 heterocycles. The normalized spacial score (nSPS) is 16.2. The Labute approximate surface area is 228 Å². The molecule has 1 saturated carbocycles. The lowest BCUT2D eigenvalue weighted by Gasteiger charge is -2.33. The van der Waals surface area contributed by atoms with Gasteiger partial charge in [-0.2, -0.15) is 9.40 Å². The van der Waals surface area contributed by atoms with Crippen molar-refractivity contribution < 1.29 is 22.7 Å². The molecule has 5 rings (SSSR count). The maximum Gasteiger partial charge on any atom is 0.269 e. The fourth-order valence-electron chi connectivity index (χ4n) is 4.94. The molecule has 206 valence electrons.